The van der Waals surface area contributed by atoms with Crippen LogP contribution < -0.4 is 5.32 Å². The van der Waals surface area contributed by atoms with Gasteiger partial charge in [0.25, 0.3) is 5.91 Å². The van der Waals surface area contributed by atoms with E-state index in [1.165, 1.54) is 0 Å². The zero-order valence-electron chi connectivity index (χ0n) is 7.42. The number of nitrogens with one attached hydrogen (secondary N) is 1. The predicted molar refractivity (Wildman–Crippen MR) is 44.8 cm³/mol. The van der Waals surface area contributed by atoms with Crippen LogP contribution in [0.5, 0.6) is 0 Å². The molecule has 2 aliphatic rings. The maximum atomic E-state index is 13.4. The summed E-state index contributed by atoms with van der Waals surface area (Å²) < 4.78 is 13.4. The summed E-state index contributed by atoms with van der Waals surface area (Å²) in [7, 11) is 0. The average molecular weight is 187 g/mol. The Kier molecular flexibility index (Phi) is 2.02. The van der Waals surface area contributed by atoms with Crippen LogP contribution >= 0.6 is 0 Å². The second-order valence-electron chi connectivity index (χ2n) is 4.08. The SMILES string of the molecule is O=C(N[C@@H]1C[C@H]1CO)C1(F)CCC1. The van der Waals surface area contributed by atoms with Crippen molar-refractivity contribution in [2.75, 3.05) is 6.61 Å². The van der Waals surface area contributed by atoms with Crippen LogP contribution in [-0.2, 0) is 4.79 Å². The first-order valence-corrected chi connectivity index (χ1v) is 4.76. The smallest absolute Gasteiger partial charge is 0.257 e. The molecule has 2 saturated carbocycles. The lowest BCUT2D eigenvalue weighted by Crippen LogP contribution is -2.49. The summed E-state index contributed by atoms with van der Waals surface area (Å²) in [5, 5.41) is 11.3. The maximum Gasteiger partial charge on any atom is 0.257 e. The highest BCUT2D eigenvalue weighted by atomic mass is 19.1. The van der Waals surface area contributed by atoms with E-state index >= 15 is 0 Å². The largest absolute Gasteiger partial charge is 0.396 e. The van der Waals surface area contributed by atoms with Gasteiger partial charge in [0.1, 0.15) is 0 Å². The Morgan fingerprint density at radius 3 is 2.69 bits per heavy atom. The highest BCUT2D eigenvalue weighted by molar-refractivity contribution is 5.86. The molecular formula is C9H14FNO2. The van der Waals surface area contributed by atoms with Gasteiger partial charge in [0, 0.05) is 18.6 Å². The molecule has 74 valence electrons. The van der Waals surface area contributed by atoms with E-state index in [0.29, 0.717) is 12.8 Å². The zero-order chi connectivity index (χ0) is 9.47. The quantitative estimate of drug-likeness (QED) is 0.671. The van der Waals surface area contributed by atoms with Crippen molar-refractivity contribution in [3.63, 3.8) is 0 Å². The van der Waals surface area contributed by atoms with Gasteiger partial charge in [0.15, 0.2) is 5.67 Å². The molecule has 2 atom stereocenters. The Bertz CT molecular complexity index is 228. The molecule has 0 heterocycles. The number of halogens is 1. The lowest BCUT2D eigenvalue weighted by molar-refractivity contribution is -0.138. The molecule has 0 bridgehead atoms. The number of hydrogen-bond donors (Lipinski definition) is 2. The molecule has 4 heteroatoms. The number of aliphatic hydroxyl groups is 1. The first-order chi connectivity index (χ1) is 6.15. The Morgan fingerprint density at radius 1 is 1.62 bits per heavy atom. The second kappa shape index (κ2) is 2.94. The fourth-order valence-electron chi connectivity index (χ4n) is 1.64. The van der Waals surface area contributed by atoms with Crippen LogP contribution in [-0.4, -0.2) is 29.3 Å². The topological polar surface area (TPSA) is 49.3 Å². The highest BCUT2D eigenvalue weighted by Crippen LogP contribution is 2.37. The fraction of sp³-hybridized carbons (Fsp3) is 0.889. The second-order valence-corrected chi connectivity index (χ2v) is 4.08. The van der Waals surface area contributed by atoms with Gasteiger partial charge in [-0.3, -0.25) is 4.79 Å². The number of aliphatic hydroxyl groups excluding tert-OH is 1. The van der Waals surface area contributed by atoms with Crippen molar-refractivity contribution in [3.05, 3.63) is 0 Å². The van der Waals surface area contributed by atoms with Crippen molar-refractivity contribution < 1.29 is 14.3 Å². The Balaban J connectivity index is 1.79. The number of hydrogen-bond acceptors (Lipinski definition) is 2. The van der Waals surface area contributed by atoms with E-state index < -0.39 is 11.6 Å². The van der Waals surface area contributed by atoms with E-state index in [0.717, 1.165) is 12.8 Å². The lowest BCUT2D eigenvalue weighted by atomic mass is 9.81. The number of rotatable bonds is 3. The van der Waals surface area contributed by atoms with Crippen LogP contribution in [0.25, 0.3) is 0 Å². The first-order valence-electron chi connectivity index (χ1n) is 4.76. The molecule has 0 radical (unpaired) electrons. The molecule has 1 amide bonds. The van der Waals surface area contributed by atoms with E-state index in [-0.39, 0.29) is 18.6 Å². The molecule has 2 fully saturated rings. The van der Waals surface area contributed by atoms with Crippen LogP contribution in [0.1, 0.15) is 25.7 Å². The van der Waals surface area contributed by atoms with Crippen LogP contribution in [0.3, 0.4) is 0 Å². The normalized spacial score (nSPS) is 34.9. The molecular weight excluding hydrogens is 173 g/mol. The van der Waals surface area contributed by atoms with Gasteiger partial charge in [-0.1, -0.05) is 0 Å². The third-order valence-corrected chi connectivity index (χ3v) is 3.03. The van der Waals surface area contributed by atoms with Crippen molar-refractivity contribution in [2.24, 2.45) is 5.92 Å². The third kappa shape index (κ3) is 1.55. The minimum atomic E-state index is -1.59. The highest BCUT2D eigenvalue weighted by Gasteiger charge is 2.48. The number of carbonyl (C=O) groups is 1. The summed E-state index contributed by atoms with van der Waals surface area (Å²) in [5.41, 5.74) is -1.59. The Labute approximate surface area is 76.3 Å². The maximum absolute atomic E-state index is 13.4. The zero-order valence-corrected chi connectivity index (χ0v) is 7.42. The van der Waals surface area contributed by atoms with Crippen molar-refractivity contribution in [1.29, 1.82) is 0 Å². The summed E-state index contributed by atoms with van der Waals surface area (Å²) in [6.07, 6.45) is 2.31. The number of alkyl halides is 1. The van der Waals surface area contributed by atoms with Crippen LogP contribution in [0.15, 0.2) is 0 Å². The molecule has 0 aromatic heterocycles. The minimum absolute atomic E-state index is 0.0192. The fourth-order valence-corrected chi connectivity index (χ4v) is 1.64. The summed E-state index contributed by atoms with van der Waals surface area (Å²) in [6.45, 7) is 0.0875. The van der Waals surface area contributed by atoms with Crippen LogP contribution in [0, 0.1) is 5.92 Å². The standard InChI is InChI=1S/C9H14FNO2/c10-9(2-1-3-9)8(13)11-7-4-6(7)5-12/h6-7,12H,1-5H2,(H,11,13)/t6-,7+/m0/s1. The molecule has 0 aliphatic heterocycles. The van der Waals surface area contributed by atoms with Gasteiger partial charge in [-0.25, -0.2) is 4.39 Å². The van der Waals surface area contributed by atoms with Crippen molar-refractivity contribution in [2.45, 2.75) is 37.4 Å². The van der Waals surface area contributed by atoms with E-state index in [1.807, 2.05) is 0 Å². The van der Waals surface area contributed by atoms with Gasteiger partial charge < -0.3 is 10.4 Å². The number of carbonyl (C=O) groups excluding carboxylic acids is 1. The molecule has 0 aromatic rings. The molecule has 2 N–H and O–H groups in total. The summed E-state index contributed by atoms with van der Waals surface area (Å²) in [6, 6.07) is 0.0192. The van der Waals surface area contributed by atoms with Gasteiger partial charge in [0.05, 0.1) is 0 Å². The Hall–Kier alpha value is -0.640. The van der Waals surface area contributed by atoms with Gasteiger partial charge in [-0.05, 0) is 25.7 Å². The summed E-state index contributed by atoms with van der Waals surface area (Å²) >= 11 is 0. The van der Waals surface area contributed by atoms with Gasteiger partial charge >= 0.3 is 0 Å². The monoisotopic (exact) mass is 187 g/mol. The van der Waals surface area contributed by atoms with Crippen molar-refractivity contribution in [1.82, 2.24) is 5.32 Å². The van der Waals surface area contributed by atoms with Crippen LogP contribution in [0.2, 0.25) is 0 Å². The average Bonchev–Trinajstić information content (AvgIpc) is 2.79. The molecule has 3 nitrogen and oxygen atoms in total. The molecule has 2 rings (SSSR count). The molecule has 0 saturated heterocycles. The van der Waals surface area contributed by atoms with E-state index in [2.05, 4.69) is 5.32 Å². The summed E-state index contributed by atoms with van der Waals surface area (Å²) in [5.74, 6) is -0.313. The van der Waals surface area contributed by atoms with E-state index in [4.69, 9.17) is 5.11 Å². The molecule has 0 spiro atoms. The van der Waals surface area contributed by atoms with Crippen LogP contribution in [0.4, 0.5) is 4.39 Å². The van der Waals surface area contributed by atoms with E-state index in [9.17, 15) is 9.18 Å². The van der Waals surface area contributed by atoms with Gasteiger partial charge in [-0.15, -0.1) is 0 Å². The summed E-state index contributed by atoms with van der Waals surface area (Å²) in [4.78, 5) is 11.3. The molecule has 0 aromatic carbocycles. The third-order valence-electron chi connectivity index (χ3n) is 3.03. The molecule has 13 heavy (non-hydrogen) atoms. The van der Waals surface area contributed by atoms with Gasteiger partial charge in [0.2, 0.25) is 0 Å². The Morgan fingerprint density at radius 2 is 2.31 bits per heavy atom. The lowest BCUT2D eigenvalue weighted by Gasteiger charge is -2.32. The molecule has 0 unspecified atom stereocenters. The van der Waals surface area contributed by atoms with Crippen molar-refractivity contribution >= 4 is 5.91 Å². The number of amides is 1. The van der Waals surface area contributed by atoms with E-state index in [1.54, 1.807) is 0 Å². The van der Waals surface area contributed by atoms with Crippen molar-refractivity contribution in [3.8, 4) is 0 Å². The predicted octanol–water partition coefficient (Wildman–Crippen LogP) is 0.376. The first kappa shape index (κ1) is 8.94. The minimum Gasteiger partial charge on any atom is -0.396 e. The molecule has 2 aliphatic carbocycles. The van der Waals surface area contributed by atoms with Gasteiger partial charge in [-0.2, -0.15) is 0 Å².